The summed E-state index contributed by atoms with van der Waals surface area (Å²) in [5, 5.41) is 5.59. The number of hydrogen-bond donors (Lipinski definition) is 1. The maximum atomic E-state index is 13.3. The van der Waals surface area contributed by atoms with Crippen LogP contribution in [0.3, 0.4) is 0 Å². The molecular formula is C27H24F3N3O3S2. The molecule has 1 amide bonds. The molecule has 2 aromatic heterocycles. The Morgan fingerprint density at radius 1 is 1.18 bits per heavy atom. The molecule has 1 fully saturated rings. The van der Waals surface area contributed by atoms with Gasteiger partial charge in [-0.2, -0.15) is 13.2 Å². The van der Waals surface area contributed by atoms with Gasteiger partial charge < -0.3 is 14.6 Å². The third-order valence-electron chi connectivity index (χ3n) is 6.13. The molecule has 0 unspecified atom stereocenters. The molecule has 11 heteroatoms. The lowest BCUT2D eigenvalue weighted by Crippen LogP contribution is -2.17. The molecule has 0 aliphatic heterocycles. The number of nitrogens with zero attached hydrogens (tertiary/aromatic N) is 2. The van der Waals surface area contributed by atoms with Crippen LogP contribution < -0.4 is 5.32 Å². The Bertz CT molecular complexity index is 1480. The number of rotatable bonds is 9. The lowest BCUT2D eigenvalue weighted by Gasteiger charge is -2.11. The van der Waals surface area contributed by atoms with Gasteiger partial charge in [-0.1, -0.05) is 42.1 Å². The zero-order chi connectivity index (χ0) is 26.9. The number of alkyl halides is 3. The zero-order valence-corrected chi connectivity index (χ0v) is 22.0. The average Bonchev–Trinajstić information content (AvgIpc) is 3.56. The highest BCUT2D eigenvalue weighted by atomic mass is 32.2. The standard InChI is InChI=1S/C27H24F3N3O3S2/c1-2-36-25(35)23-19(17-8-9-17)14-37-24(23)32-22(34)15-38-26-31-20-12-18(27(28,29)30)10-11-21(20)33(26)13-16-6-4-3-5-7-16/h3-7,10-12,14,17H,2,8-9,13,15H2,1H3,(H,32,34). The summed E-state index contributed by atoms with van der Waals surface area (Å²) in [5.74, 6) is -0.531. The summed E-state index contributed by atoms with van der Waals surface area (Å²) in [6.45, 7) is 2.35. The molecule has 38 heavy (non-hydrogen) atoms. The van der Waals surface area contributed by atoms with Gasteiger partial charge in [-0.05, 0) is 60.4 Å². The van der Waals surface area contributed by atoms with E-state index in [1.54, 1.807) is 6.92 Å². The summed E-state index contributed by atoms with van der Waals surface area (Å²) in [5.41, 5.74) is 2.23. The minimum absolute atomic E-state index is 0.0385. The van der Waals surface area contributed by atoms with Gasteiger partial charge in [0.2, 0.25) is 5.91 Å². The molecule has 1 N–H and O–H groups in total. The number of halogens is 3. The summed E-state index contributed by atoms with van der Waals surface area (Å²) in [6, 6.07) is 13.0. The third kappa shape index (κ3) is 5.73. The number of anilines is 1. The van der Waals surface area contributed by atoms with Crippen molar-refractivity contribution in [3.63, 3.8) is 0 Å². The molecule has 198 valence electrons. The van der Waals surface area contributed by atoms with Crippen LogP contribution in [0.2, 0.25) is 0 Å². The Labute approximate surface area is 225 Å². The maximum Gasteiger partial charge on any atom is 0.416 e. The van der Waals surface area contributed by atoms with Crippen molar-refractivity contribution < 1.29 is 27.5 Å². The first-order chi connectivity index (χ1) is 18.2. The van der Waals surface area contributed by atoms with Gasteiger partial charge in [-0.15, -0.1) is 11.3 Å². The number of thioether (sulfide) groups is 1. The van der Waals surface area contributed by atoms with E-state index in [0.29, 0.717) is 33.7 Å². The Morgan fingerprint density at radius 2 is 1.95 bits per heavy atom. The zero-order valence-electron chi connectivity index (χ0n) is 20.4. The SMILES string of the molecule is CCOC(=O)c1c(C2CC2)csc1NC(=O)CSc1nc2cc(C(F)(F)F)ccc2n1Cc1ccccc1. The number of esters is 1. The van der Waals surface area contributed by atoms with E-state index in [0.717, 1.165) is 47.9 Å². The van der Waals surface area contributed by atoms with Crippen LogP contribution in [0, 0.1) is 0 Å². The molecule has 6 nitrogen and oxygen atoms in total. The van der Waals surface area contributed by atoms with Crippen molar-refractivity contribution in [2.24, 2.45) is 0 Å². The predicted molar refractivity (Wildman–Crippen MR) is 142 cm³/mol. The number of carbonyl (C=O) groups is 2. The van der Waals surface area contributed by atoms with E-state index < -0.39 is 17.7 Å². The van der Waals surface area contributed by atoms with Crippen LogP contribution in [0.4, 0.5) is 18.2 Å². The van der Waals surface area contributed by atoms with Gasteiger partial charge in [0.05, 0.1) is 41.1 Å². The number of carbonyl (C=O) groups excluding carboxylic acids is 2. The van der Waals surface area contributed by atoms with Gasteiger partial charge in [-0.25, -0.2) is 9.78 Å². The minimum atomic E-state index is -4.48. The van der Waals surface area contributed by atoms with Crippen LogP contribution in [-0.2, 0) is 22.3 Å². The van der Waals surface area contributed by atoms with Crippen LogP contribution in [0.15, 0.2) is 59.1 Å². The molecule has 2 aromatic carbocycles. The quantitative estimate of drug-likeness (QED) is 0.177. The fraction of sp³-hybridized carbons (Fsp3) is 0.296. The molecule has 0 bridgehead atoms. The first-order valence-corrected chi connectivity index (χ1v) is 13.9. The monoisotopic (exact) mass is 559 g/mol. The largest absolute Gasteiger partial charge is 0.462 e. The number of thiophene rings is 1. The number of hydrogen-bond acceptors (Lipinski definition) is 6. The van der Waals surface area contributed by atoms with Crippen molar-refractivity contribution in [3.05, 3.63) is 76.2 Å². The number of benzene rings is 2. The van der Waals surface area contributed by atoms with E-state index in [-0.39, 0.29) is 23.8 Å². The van der Waals surface area contributed by atoms with Crippen molar-refractivity contribution in [2.45, 2.75) is 43.6 Å². The summed E-state index contributed by atoms with van der Waals surface area (Å²) < 4.78 is 46.9. The Balaban J connectivity index is 1.38. The van der Waals surface area contributed by atoms with Gasteiger partial charge in [0.1, 0.15) is 5.00 Å². The van der Waals surface area contributed by atoms with E-state index in [1.165, 1.54) is 17.4 Å². The molecule has 0 spiro atoms. The van der Waals surface area contributed by atoms with Crippen molar-refractivity contribution >= 4 is 51.0 Å². The molecule has 1 aliphatic rings. The first kappa shape index (κ1) is 26.3. The molecule has 5 rings (SSSR count). The predicted octanol–water partition coefficient (Wildman–Crippen LogP) is 6.95. The number of fused-ring (bicyclic) bond motifs is 1. The highest BCUT2D eigenvalue weighted by Crippen LogP contribution is 2.46. The summed E-state index contributed by atoms with van der Waals surface area (Å²) in [6.07, 6.45) is -2.48. The normalized spacial score (nSPS) is 13.6. The van der Waals surface area contributed by atoms with Crippen LogP contribution in [0.5, 0.6) is 0 Å². The molecule has 2 heterocycles. The minimum Gasteiger partial charge on any atom is -0.462 e. The second-order valence-electron chi connectivity index (χ2n) is 8.89. The van der Waals surface area contributed by atoms with E-state index in [2.05, 4.69) is 10.3 Å². The molecule has 0 saturated heterocycles. The number of ether oxygens (including phenoxy) is 1. The smallest absolute Gasteiger partial charge is 0.416 e. The number of imidazole rings is 1. The van der Waals surface area contributed by atoms with Gasteiger partial charge in [0.15, 0.2) is 5.16 Å². The van der Waals surface area contributed by atoms with Gasteiger partial charge >= 0.3 is 12.1 Å². The summed E-state index contributed by atoms with van der Waals surface area (Å²) >= 11 is 2.42. The average molecular weight is 560 g/mol. The van der Waals surface area contributed by atoms with E-state index in [9.17, 15) is 22.8 Å². The van der Waals surface area contributed by atoms with Crippen molar-refractivity contribution in [1.29, 1.82) is 0 Å². The van der Waals surface area contributed by atoms with E-state index >= 15 is 0 Å². The van der Waals surface area contributed by atoms with Crippen molar-refractivity contribution in [3.8, 4) is 0 Å². The second-order valence-corrected chi connectivity index (χ2v) is 10.7. The number of nitrogens with one attached hydrogen (secondary N) is 1. The summed E-state index contributed by atoms with van der Waals surface area (Å²) in [7, 11) is 0. The molecule has 4 aromatic rings. The van der Waals surface area contributed by atoms with E-state index in [1.807, 2.05) is 40.3 Å². The van der Waals surface area contributed by atoms with Crippen LogP contribution in [0.25, 0.3) is 11.0 Å². The molecular weight excluding hydrogens is 535 g/mol. The lowest BCUT2D eigenvalue weighted by atomic mass is 10.1. The van der Waals surface area contributed by atoms with E-state index in [4.69, 9.17) is 4.74 Å². The maximum absolute atomic E-state index is 13.3. The van der Waals surface area contributed by atoms with Crippen molar-refractivity contribution in [1.82, 2.24) is 9.55 Å². The van der Waals surface area contributed by atoms with Gasteiger partial charge in [0.25, 0.3) is 0 Å². The number of aromatic nitrogens is 2. The Hall–Kier alpha value is -3.31. The van der Waals surface area contributed by atoms with Crippen LogP contribution >= 0.6 is 23.1 Å². The Morgan fingerprint density at radius 3 is 2.63 bits per heavy atom. The van der Waals surface area contributed by atoms with Gasteiger partial charge in [-0.3, -0.25) is 4.79 Å². The van der Waals surface area contributed by atoms with Crippen molar-refractivity contribution in [2.75, 3.05) is 17.7 Å². The fourth-order valence-electron chi connectivity index (χ4n) is 4.18. The summed E-state index contributed by atoms with van der Waals surface area (Å²) in [4.78, 5) is 30.0. The molecule has 0 atom stereocenters. The van der Waals surface area contributed by atoms with Crippen LogP contribution in [0.1, 0.15) is 52.7 Å². The van der Waals surface area contributed by atoms with Gasteiger partial charge in [0, 0.05) is 0 Å². The molecule has 0 radical (unpaired) electrons. The molecule has 1 aliphatic carbocycles. The lowest BCUT2D eigenvalue weighted by molar-refractivity contribution is -0.137. The first-order valence-electron chi connectivity index (χ1n) is 12.1. The fourth-order valence-corrected chi connectivity index (χ4v) is 6.04. The highest BCUT2D eigenvalue weighted by molar-refractivity contribution is 7.99. The third-order valence-corrected chi connectivity index (χ3v) is 8.02. The second kappa shape index (κ2) is 10.8. The number of amides is 1. The Kier molecular flexibility index (Phi) is 7.49. The topological polar surface area (TPSA) is 73.2 Å². The molecule has 1 saturated carbocycles. The van der Waals surface area contributed by atoms with Crippen LogP contribution in [-0.4, -0.2) is 33.8 Å². The highest BCUT2D eigenvalue weighted by Gasteiger charge is 2.33.